The molecule has 0 bridgehead atoms. The molecule has 28 heavy (non-hydrogen) atoms. The summed E-state index contributed by atoms with van der Waals surface area (Å²) in [5.74, 6) is -1.32. The number of benzene rings is 1. The zero-order valence-corrected chi connectivity index (χ0v) is 15.9. The first-order valence-corrected chi connectivity index (χ1v) is 8.76. The fourth-order valence-corrected chi connectivity index (χ4v) is 2.59. The number of carbonyl (C=O) groups is 2. The van der Waals surface area contributed by atoms with Crippen LogP contribution in [0.5, 0.6) is 5.75 Å². The van der Waals surface area contributed by atoms with Gasteiger partial charge in [-0.15, -0.1) is 0 Å². The van der Waals surface area contributed by atoms with Gasteiger partial charge in [0.1, 0.15) is 5.75 Å². The van der Waals surface area contributed by atoms with Crippen LogP contribution in [0.1, 0.15) is 18.4 Å². The molecule has 1 saturated heterocycles. The number of alkyl halides is 3. The number of carboxylic acid groups (broad SMARTS) is 1. The summed E-state index contributed by atoms with van der Waals surface area (Å²) in [4.78, 5) is 22.8. The Hall–Kier alpha value is -2.49. The Morgan fingerprint density at radius 3 is 2.25 bits per heavy atom. The molecule has 0 aromatic heterocycles. The van der Waals surface area contributed by atoms with Crippen molar-refractivity contribution < 1.29 is 32.6 Å². The number of nitrogens with zero attached hydrogens (tertiary/aromatic N) is 1. The van der Waals surface area contributed by atoms with Gasteiger partial charge in [-0.3, -0.25) is 0 Å². The number of amides is 2. The van der Waals surface area contributed by atoms with E-state index in [0.717, 1.165) is 43.8 Å². The van der Waals surface area contributed by atoms with Crippen LogP contribution in [-0.4, -0.2) is 62.0 Å². The standard InChI is InChI=1S/C16H25N3O2.C2HF3O2/c1-19(12-14-7-9-17-10-8-14)16(20)18-11-13-3-5-15(21-2)6-4-13;3-2(4,5)1(6)7/h3-6,14,17H,7-12H2,1-2H3,(H,18,20);(H,6,7). The minimum atomic E-state index is -5.08. The summed E-state index contributed by atoms with van der Waals surface area (Å²) in [5, 5.41) is 13.4. The summed E-state index contributed by atoms with van der Waals surface area (Å²) >= 11 is 0. The zero-order chi connectivity index (χ0) is 21.2. The smallest absolute Gasteiger partial charge is 0.490 e. The summed E-state index contributed by atoms with van der Waals surface area (Å²) in [6.07, 6.45) is -2.79. The van der Waals surface area contributed by atoms with Crippen molar-refractivity contribution in [2.75, 3.05) is 33.8 Å². The van der Waals surface area contributed by atoms with Crippen LogP contribution in [0.25, 0.3) is 0 Å². The first kappa shape index (κ1) is 23.5. The van der Waals surface area contributed by atoms with Crippen LogP contribution in [0.4, 0.5) is 18.0 Å². The van der Waals surface area contributed by atoms with Gasteiger partial charge in [0.2, 0.25) is 0 Å². The van der Waals surface area contributed by atoms with Crippen molar-refractivity contribution in [3.63, 3.8) is 0 Å². The Labute approximate surface area is 161 Å². The van der Waals surface area contributed by atoms with Crippen molar-refractivity contribution in [3.8, 4) is 5.75 Å². The molecule has 158 valence electrons. The van der Waals surface area contributed by atoms with E-state index >= 15 is 0 Å². The van der Waals surface area contributed by atoms with Gasteiger partial charge in [-0.2, -0.15) is 13.2 Å². The highest BCUT2D eigenvalue weighted by atomic mass is 19.4. The molecule has 1 aromatic rings. The van der Waals surface area contributed by atoms with Crippen molar-refractivity contribution in [1.29, 1.82) is 0 Å². The molecule has 0 radical (unpaired) electrons. The number of urea groups is 1. The number of methoxy groups -OCH3 is 1. The number of aliphatic carboxylic acids is 1. The van der Waals surface area contributed by atoms with Crippen LogP contribution in [0, 0.1) is 5.92 Å². The van der Waals surface area contributed by atoms with Crippen LogP contribution < -0.4 is 15.4 Å². The quantitative estimate of drug-likeness (QED) is 0.700. The first-order valence-electron chi connectivity index (χ1n) is 8.76. The summed E-state index contributed by atoms with van der Waals surface area (Å²) in [5.41, 5.74) is 1.07. The molecule has 0 atom stereocenters. The second kappa shape index (κ2) is 11.4. The van der Waals surface area contributed by atoms with Crippen molar-refractivity contribution in [1.82, 2.24) is 15.5 Å². The Bertz CT molecular complexity index is 617. The van der Waals surface area contributed by atoms with E-state index < -0.39 is 12.1 Å². The van der Waals surface area contributed by atoms with Crippen molar-refractivity contribution in [2.24, 2.45) is 5.92 Å². The second-order valence-electron chi connectivity index (χ2n) is 6.38. The highest BCUT2D eigenvalue weighted by Crippen LogP contribution is 2.14. The minimum absolute atomic E-state index is 0.00986. The van der Waals surface area contributed by atoms with E-state index in [4.69, 9.17) is 14.6 Å². The molecule has 1 heterocycles. The highest BCUT2D eigenvalue weighted by Gasteiger charge is 2.38. The molecule has 0 aliphatic carbocycles. The molecule has 2 amide bonds. The summed E-state index contributed by atoms with van der Waals surface area (Å²) < 4.78 is 36.9. The number of piperidine rings is 1. The third-order valence-electron chi connectivity index (χ3n) is 4.18. The molecule has 1 aliphatic rings. The largest absolute Gasteiger partial charge is 0.497 e. The van der Waals surface area contributed by atoms with Crippen LogP contribution in [0.15, 0.2) is 24.3 Å². The topological polar surface area (TPSA) is 90.9 Å². The number of nitrogens with one attached hydrogen (secondary N) is 2. The van der Waals surface area contributed by atoms with E-state index in [-0.39, 0.29) is 6.03 Å². The Morgan fingerprint density at radius 1 is 1.25 bits per heavy atom. The molecule has 2 rings (SSSR count). The highest BCUT2D eigenvalue weighted by molar-refractivity contribution is 5.74. The summed E-state index contributed by atoms with van der Waals surface area (Å²) in [7, 11) is 3.51. The summed E-state index contributed by atoms with van der Waals surface area (Å²) in [6.45, 7) is 3.49. The van der Waals surface area contributed by atoms with E-state index in [0.29, 0.717) is 12.5 Å². The van der Waals surface area contributed by atoms with Gasteiger partial charge in [0, 0.05) is 20.1 Å². The van der Waals surface area contributed by atoms with E-state index in [9.17, 15) is 18.0 Å². The van der Waals surface area contributed by atoms with E-state index in [1.807, 2.05) is 31.3 Å². The predicted octanol–water partition coefficient (Wildman–Crippen LogP) is 2.47. The van der Waals surface area contributed by atoms with Gasteiger partial charge in [0.25, 0.3) is 0 Å². The monoisotopic (exact) mass is 405 g/mol. The van der Waals surface area contributed by atoms with Crippen LogP contribution >= 0.6 is 0 Å². The van der Waals surface area contributed by atoms with E-state index in [2.05, 4.69) is 10.6 Å². The third-order valence-corrected chi connectivity index (χ3v) is 4.18. The molecular weight excluding hydrogens is 379 g/mol. The molecule has 0 unspecified atom stereocenters. The van der Waals surface area contributed by atoms with E-state index in [1.54, 1.807) is 12.0 Å². The minimum Gasteiger partial charge on any atom is -0.497 e. The van der Waals surface area contributed by atoms with Gasteiger partial charge >= 0.3 is 18.2 Å². The van der Waals surface area contributed by atoms with Crippen molar-refractivity contribution in [2.45, 2.75) is 25.6 Å². The van der Waals surface area contributed by atoms with Crippen LogP contribution in [0.2, 0.25) is 0 Å². The number of hydrogen-bond donors (Lipinski definition) is 3. The number of ether oxygens (including phenoxy) is 1. The number of carbonyl (C=O) groups excluding carboxylic acids is 1. The predicted molar refractivity (Wildman–Crippen MR) is 97.1 cm³/mol. The van der Waals surface area contributed by atoms with Gasteiger partial charge in [0.15, 0.2) is 0 Å². The lowest BCUT2D eigenvalue weighted by Gasteiger charge is -2.27. The molecule has 1 aliphatic heterocycles. The fourth-order valence-electron chi connectivity index (χ4n) is 2.59. The summed E-state index contributed by atoms with van der Waals surface area (Å²) in [6, 6.07) is 7.72. The lowest BCUT2D eigenvalue weighted by Crippen LogP contribution is -2.41. The fraction of sp³-hybridized carbons (Fsp3) is 0.556. The molecule has 7 nitrogen and oxygen atoms in total. The lowest BCUT2D eigenvalue weighted by atomic mass is 9.98. The molecule has 1 aromatic carbocycles. The van der Waals surface area contributed by atoms with Crippen molar-refractivity contribution in [3.05, 3.63) is 29.8 Å². The van der Waals surface area contributed by atoms with Gasteiger partial charge in [-0.1, -0.05) is 12.1 Å². The lowest BCUT2D eigenvalue weighted by molar-refractivity contribution is -0.192. The number of hydrogen-bond acceptors (Lipinski definition) is 4. The molecular formula is C18H26F3N3O4. The van der Waals surface area contributed by atoms with Gasteiger partial charge in [0.05, 0.1) is 7.11 Å². The first-order chi connectivity index (χ1) is 13.1. The Balaban J connectivity index is 0.000000480. The van der Waals surface area contributed by atoms with Crippen LogP contribution in [0.3, 0.4) is 0 Å². The van der Waals surface area contributed by atoms with Gasteiger partial charge in [-0.05, 0) is 49.5 Å². The average Bonchev–Trinajstić information content (AvgIpc) is 2.67. The maximum atomic E-state index is 12.1. The number of rotatable bonds is 5. The number of halogens is 3. The van der Waals surface area contributed by atoms with Crippen LogP contribution in [-0.2, 0) is 11.3 Å². The molecule has 10 heteroatoms. The normalized spacial score (nSPS) is 14.5. The molecule has 1 fully saturated rings. The average molecular weight is 405 g/mol. The zero-order valence-electron chi connectivity index (χ0n) is 15.9. The SMILES string of the molecule is COc1ccc(CNC(=O)N(C)CC2CCNCC2)cc1.O=C(O)C(F)(F)F. The molecule has 0 saturated carbocycles. The van der Waals surface area contributed by atoms with Gasteiger partial charge < -0.3 is 25.4 Å². The van der Waals surface area contributed by atoms with Crippen molar-refractivity contribution >= 4 is 12.0 Å². The second-order valence-corrected chi connectivity index (χ2v) is 6.38. The Morgan fingerprint density at radius 2 is 1.79 bits per heavy atom. The third kappa shape index (κ3) is 8.94. The maximum Gasteiger partial charge on any atom is 0.490 e. The molecule has 0 spiro atoms. The van der Waals surface area contributed by atoms with E-state index in [1.165, 1.54) is 0 Å². The molecule has 3 N–H and O–H groups in total. The van der Waals surface area contributed by atoms with Gasteiger partial charge in [-0.25, -0.2) is 9.59 Å². The maximum absolute atomic E-state index is 12.1. The number of carboxylic acids is 1. The Kier molecular flexibility index (Phi) is 9.57.